The van der Waals surface area contributed by atoms with Crippen molar-refractivity contribution < 1.29 is 14.4 Å². The number of aromatic amines is 1. The summed E-state index contributed by atoms with van der Waals surface area (Å²) in [6.45, 7) is 1.21. The Labute approximate surface area is 163 Å². The molecule has 2 aliphatic heterocycles. The molecule has 0 saturated heterocycles. The van der Waals surface area contributed by atoms with Crippen LogP contribution in [0.2, 0.25) is 0 Å². The van der Waals surface area contributed by atoms with Crippen molar-refractivity contribution in [1.82, 2.24) is 14.8 Å². The number of fused-ring (bicyclic) bond motifs is 2. The number of carbonyl (C=O) groups is 3. The van der Waals surface area contributed by atoms with Gasteiger partial charge in [-0.1, -0.05) is 19.3 Å². The van der Waals surface area contributed by atoms with E-state index < -0.39 is 0 Å². The van der Waals surface area contributed by atoms with Crippen LogP contribution < -0.4 is 0 Å². The lowest BCUT2D eigenvalue weighted by Crippen LogP contribution is -2.40. The number of carbonyl (C=O) groups excluding carboxylic acids is 3. The van der Waals surface area contributed by atoms with Gasteiger partial charge in [-0.05, 0) is 42.7 Å². The second-order valence-corrected chi connectivity index (χ2v) is 7.99. The van der Waals surface area contributed by atoms with E-state index in [1.54, 1.807) is 23.1 Å². The Kier molecular flexibility index (Phi) is 4.07. The summed E-state index contributed by atoms with van der Waals surface area (Å²) >= 11 is 0. The number of amides is 3. The zero-order valence-electron chi connectivity index (χ0n) is 15.7. The molecule has 3 heterocycles. The second kappa shape index (κ2) is 6.62. The average Bonchev–Trinajstić information content (AvgIpc) is 3.30. The lowest BCUT2D eigenvalue weighted by Gasteiger charge is -2.29. The molecular weight excluding hydrogens is 354 g/mol. The summed E-state index contributed by atoms with van der Waals surface area (Å²) in [6.07, 6.45) is 7.73. The fraction of sp³-hybridized carbons (Fsp3) is 0.409. The zero-order chi connectivity index (χ0) is 19.3. The summed E-state index contributed by atoms with van der Waals surface area (Å²) in [6, 6.07) is 6.95. The molecule has 1 aliphatic carbocycles. The summed E-state index contributed by atoms with van der Waals surface area (Å²) in [5.41, 5.74) is 3.60. The normalized spacial score (nSPS) is 19.7. The summed E-state index contributed by atoms with van der Waals surface area (Å²) in [4.78, 5) is 45.2. The van der Waals surface area contributed by atoms with Gasteiger partial charge in [-0.25, -0.2) is 0 Å². The molecule has 1 saturated carbocycles. The average molecular weight is 377 g/mol. The van der Waals surface area contributed by atoms with Gasteiger partial charge in [0.1, 0.15) is 0 Å². The quantitative estimate of drug-likeness (QED) is 0.817. The topological polar surface area (TPSA) is 73.5 Å². The van der Waals surface area contributed by atoms with Gasteiger partial charge in [0.25, 0.3) is 17.7 Å². The largest absolute Gasteiger partial charge is 0.365 e. The van der Waals surface area contributed by atoms with Crippen molar-refractivity contribution in [1.29, 1.82) is 0 Å². The first kappa shape index (κ1) is 17.2. The molecule has 3 amide bonds. The van der Waals surface area contributed by atoms with Crippen molar-refractivity contribution in [3.8, 4) is 0 Å². The maximum absolute atomic E-state index is 13.0. The maximum atomic E-state index is 13.0. The van der Waals surface area contributed by atoms with Gasteiger partial charge in [-0.2, -0.15) is 0 Å². The minimum atomic E-state index is -0.242. The predicted octanol–water partition coefficient (Wildman–Crippen LogP) is 3.14. The van der Waals surface area contributed by atoms with Crippen LogP contribution in [0.1, 0.15) is 74.4 Å². The highest BCUT2D eigenvalue weighted by Gasteiger charge is 2.40. The van der Waals surface area contributed by atoms with E-state index in [4.69, 9.17) is 0 Å². The predicted molar refractivity (Wildman–Crippen MR) is 103 cm³/mol. The minimum absolute atomic E-state index is 0.00518. The Morgan fingerprint density at radius 2 is 1.79 bits per heavy atom. The number of hydrogen-bond acceptors (Lipinski definition) is 3. The van der Waals surface area contributed by atoms with Gasteiger partial charge in [0.2, 0.25) is 0 Å². The molecule has 0 atom stereocenters. The number of imide groups is 1. The lowest BCUT2D eigenvalue weighted by molar-refractivity contribution is 0.0548. The molecule has 0 bridgehead atoms. The molecule has 3 aliphatic rings. The number of benzene rings is 1. The molecule has 2 aromatic rings. The third kappa shape index (κ3) is 2.66. The van der Waals surface area contributed by atoms with Crippen molar-refractivity contribution in [3.63, 3.8) is 0 Å². The van der Waals surface area contributed by atoms with Crippen molar-refractivity contribution in [3.05, 3.63) is 58.4 Å². The van der Waals surface area contributed by atoms with Gasteiger partial charge in [0, 0.05) is 43.0 Å². The number of aromatic nitrogens is 1. The second-order valence-electron chi connectivity index (χ2n) is 7.99. The van der Waals surface area contributed by atoms with Gasteiger partial charge >= 0.3 is 0 Å². The first-order chi connectivity index (χ1) is 13.6. The van der Waals surface area contributed by atoms with E-state index in [-0.39, 0.29) is 23.8 Å². The summed E-state index contributed by atoms with van der Waals surface area (Å²) in [5, 5.41) is 0. The molecule has 6 nitrogen and oxygen atoms in total. The van der Waals surface area contributed by atoms with Gasteiger partial charge in [-0.3, -0.25) is 19.3 Å². The van der Waals surface area contributed by atoms with Crippen LogP contribution in [0, 0.1) is 0 Å². The highest BCUT2D eigenvalue weighted by molar-refractivity contribution is 6.22. The van der Waals surface area contributed by atoms with E-state index in [2.05, 4.69) is 4.98 Å². The van der Waals surface area contributed by atoms with E-state index in [0.29, 0.717) is 29.8 Å². The van der Waals surface area contributed by atoms with Crippen molar-refractivity contribution in [2.45, 2.75) is 51.1 Å². The minimum Gasteiger partial charge on any atom is -0.365 e. The zero-order valence-corrected chi connectivity index (χ0v) is 15.7. The molecule has 0 radical (unpaired) electrons. The monoisotopic (exact) mass is 377 g/mol. The molecule has 144 valence electrons. The highest BCUT2D eigenvalue weighted by atomic mass is 16.2. The van der Waals surface area contributed by atoms with Crippen molar-refractivity contribution in [2.75, 3.05) is 6.54 Å². The van der Waals surface area contributed by atoms with Crippen molar-refractivity contribution >= 4 is 17.7 Å². The highest BCUT2D eigenvalue weighted by Crippen LogP contribution is 2.32. The fourth-order valence-electron chi connectivity index (χ4n) is 4.77. The van der Waals surface area contributed by atoms with E-state index in [1.165, 1.54) is 10.6 Å². The Hall–Kier alpha value is -2.89. The van der Waals surface area contributed by atoms with Gasteiger partial charge in [-0.15, -0.1) is 0 Å². The Morgan fingerprint density at radius 1 is 1.00 bits per heavy atom. The van der Waals surface area contributed by atoms with Gasteiger partial charge < -0.3 is 9.88 Å². The van der Waals surface area contributed by atoms with Crippen LogP contribution in [0.4, 0.5) is 0 Å². The number of H-pyrrole nitrogens is 1. The van der Waals surface area contributed by atoms with Crippen LogP contribution >= 0.6 is 0 Å². The Morgan fingerprint density at radius 3 is 2.61 bits per heavy atom. The molecule has 1 N–H and O–H groups in total. The smallest absolute Gasteiger partial charge is 0.261 e. The standard InChI is InChI=1S/C22H23N3O3/c26-20(24-11-9-19-15(13-24)8-10-23-19)14-6-7-17-18(12-14)22(28)25(21(17)27)16-4-2-1-3-5-16/h6-8,10,12,16,23H,1-5,9,11,13H2. The van der Waals surface area contributed by atoms with E-state index in [1.807, 2.05) is 12.3 Å². The summed E-state index contributed by atoms with van der Waals surface area (Å²) in [5.74, 6) is -0.542. The van der Waals surface area contributed by atoms with Crippen LogP contribution in [0.25, 0.3) is 0 Å². The van der Waals surface area contributed by atoms with Crippen LogP contribution in [-0.2, 0) is 13.0 Å². The molecular formula is C22H23N3O3. The molecule has 1 fully saturated rings. The molecule has 28 heavy (non-hydrogen) atoms. The van der Waals surface area contributed by atoms with Gasteiger partial charge in [0.05, 0.1) is 11.1 Å². The van der Waals surface area contributed by atoms with Crippen LogP contribution in [0.5, 0.6) is 0 Å². The molecule has 0 spiro atoms. The first-order valence-corrected chi connectivity index (χ1v) is 10.1. The lowest BCUT2D eigenvalue weighted by atomic mass is 9.94. The SMILES string of the molecule is O=C(c1ccc2c(c1)C(=O)N(C1CCCCC1)C2=O)N1CCc2[nH]ccc2C1. The van der Waals surface area contributed by atoms with Crippen LogP contribution in [-0.4, -0.2) is 45.1 Å². The molecule has 6 heteroatoms. The Balaban J connectivity index is 1.40. The third-order valence-electron chi connectivity index (χ3n) is 6.31. The third-order valence-corrected chi connectivity index (χ3v) is 6.31. The Bertz CT molecular complexity index is 971. The van der Waals surface area contributed by atoms with E-state index >= 15 is 0 Å². The molecule has 0 unspecified atom stereocenters. The van der Waals surface area contributed by atoms with Crippen LogP contribution in [0.15, 0.2) is 30.5 Å². The van der Waals surface area contributed by atoms with E-state index in [9.17, 15) is 14.4 Å². The molecule has 1 aromatic carbocycles. The number of rotatable bonds is 2. The molecule has 1 aromatic heterocycles. The van der Waals surface area contributed by atoms with Crippen LogP contribution in [0.3, 0.4) is 0 Å². The fourth-order valence-corrected chi connectivity index (χ4v) is 4.77. The van der Waals surface area contributed by atoms with Gasteiger partial charge in [0.15, 0.2) is 0 Å². The summed E-state index contributed by atoms with van der Waals surface area (Å²) < 4.78 is 0. The van der Waals surface area contributed by atoms with E-state index in [0.717, 1.165) is 44.1 Å². The number of nitrogens with one attached hydrogen (secondary N) is 1. The summed E-state index contributed by atoms with van der Waals surface area (Å²) in [7, 11) is 0. The number of hydrogen-bond donors (Lipinski definition) is 1. The maximum Gasteiger partial charge on any atom is 0.261 e. The molecule has 5 rings (SSSR count). The van der Waals surface area contributed by atoms with Crippen molar-refractivity contribution in [2.24, 2.45) is 0 Å². The number of nitrogens with zero attached hydrogens (tertiary/aromatic N) is 2. The first-order valence-electron chi connectivity index (χ1n) is 10.1.